The lowest BCUT2D eigenvalue weighted by Crippen LogP contribution is -2.46. The van der Waals surface area contributed by atoms with Gasteiger partial charge in [-0.1, -0.05) is 23.2 Å². The second kappa shape index (κ2) is 9.11. The summed E-state index contributed by atoms with van der Waals surface area (Å²) < 4.78 is 7.37. The molecule has 1 aliphatic heterocycles. The van der Waals surface area contributed by atoms with E-state index in [1.165, 1.54) is 17.3 Å². The molecule has 1 saturated heterocycles. The molecule has 0 radical (unpaired) electrons. The van der Waals surface area contributed by atoms with Gasteiger partial charge in [-0.3, -0.25) is 9.59 Å². The summed E-state index contributed by atoms with van der Waals surface area (Å²) in [5.41, 5.74) is 0.983. The molecule has 164 valence electrons. The van der Waals surface area contributed by atoms with E-state index in [9.17, 15) is 9.59 Å². The Hall–Kier alpha value is -2.85. The lowest BCUT2D eigenvalue weighted by atomic mass is 10.2. The van der Waals surface area contributed by atoms with Crippen LogP contribution in [0.4, 0.5) is 6.01 Å². The third kappa shape index (κ3) is 4.75. The molecule has 0 bridgehead atoms. The minimum Gasteiger partial charge on any atom is -0.422 e. The normalized spacial score (nSPS) is 16.9. The van der Waals surface area contributed by atoms with E-state index in [0.717, 1.165) is 0 Å². The summed E-state index contributed by atoms with van der Waals surface area (Å²) in [6, 6.07) is 3.09. The fourth-order valence-corrected chi connectivity index (χ4v) is 3.93. The number of aromatic nitrogens is 4. The SMILES string of the molecule is CC(C(=O)N1CCC(=O)NCCN(c2nc3cc(Cl)cc(Cl)c3o2)CC1)n1cncn1. The van der Waals surface area contributed by atoms with Gasteiger partial charge < -0.3 is 19.5 Å². The zero-order valence-corrected chi connectivity index (χ0v) is 18.3. The Morgan fingerprint density at radius 2 is 2.06 bits per heavy atom. The predicted molar refractivity (Wildman–Crippen MR) is 115 cm³/mol. The number of carbonyl (C=O) groups excluding carboxylic acids is 2. The maximum atomic E-state index is 13.0. The Bertz CT molecular complexity index is 1090. The van der Waals surface area contributed by atoms with Crippen LogP contribution in [-0.4, -0.2) is 69.2 Å². The van der Waals surface area contributed by atoms with E-state index in [2.05, 4.69) is 20.4 Å². The third-order valence-electron chi connectivity index (χ3n) is 5.12. The van der Waals surface area contributed by atoms with Gasteiger partial charge in [0.1, 0.15) is 24.2 Å². The van der Waals surface area contributed by atoms with Gasteiger partial charge in [-0.25, -0.2) is 9.67 Å². The summed E-state index contributed by atoms with van der Waals surface area (Å²) in [6.07, 6.45) is 3.11. The highest BCUT2D eigenvalue weighted by Crippen LogP contribution is 2.31. The number of amides is 2. The van der Waals surface area contributed by atoms with E-state index in [0.29, 0.717) is 59.9 Å². The molecule has 0 saturated carbocycles. The summed E-state index contributed by atoms with van der Waals surface area (Å²) in [5, 5.41) is 7.74. The molecule has 3 aromatic rings. The van der Waals surface area contributed by atoms with Crippen molar-refractivity contribution in [2.75, 3.05) is 37.6 Å². The van der Waals surface area contributed by atoms with E-state index in [-0.39, 0.29) is 18.2 Å². The van der Waals surface area contributed by atoms with Gasteiger partial charge in [0.2, 0.25) is 11.8 Å². The molecule has 1 fully saturated rings. The second-order valence-corrected chi connectivity index (χ2v) is 8.04. The molecule has 2 aromatic heterocycles. The monoisotopic (exact) mass is 465 g/mol. The summed E-state index contributed by atoms with van der Waals surface area (Å²) in [5.74, 6) is -0.272. The van der Waals surface area contributed by atoms with E-state index in [4.69, 9.17) is 27.6 Å². The number of anilines is 1. The van der Waals surface area contributed by atoms with Crippen LogP contribution in [0.25, 0.3) is 11.1 Å². The molecule has 3 heterocycles. The fraction of sp³-hybridized carbons (Fsp3) is 0.421. The number of hydrogen-bond acceptors (Lipinski definition) is 7. The zero-order chi connectivity index (χ0) is 22.0. The van der Waals surface area contributed by atoms with Gasteiger partial charge in [0.05, 0.1) is 5.02 Å². The fourth-order valence-electron chi connectivity index (χ4n) is 3.41. The van der Waals surface area contributed by atoms with Gasteiger partial charge in [-0.15, -0.1) is 0 Å². The first kappa shape index (κ1) is 21.4. The zero-order valence-electron chi connectivity index (χ0n) is 16.8. The Morgan fingerprint density at radius 3 is 2.84 bits per heavy atom. The van der Waals surface area contributed by atoms with Crippen molar-refractivity contribution in [3.8, 4) is 0 Å². The largest absolute Gasteiger partial charge is 0.422 e. The Kier molecular flexibility index (Phi) is 6.28. The van der Waals surface area contributed by atoms with Gasteiger partial charge in [0.25, 0.3) is 6.01 Å². The topological polar surface area (TPSA) is 109 Å². The van der Waals surface area contributed by atoms with Crippen LogP contribution in [0, 0.1) is 0 Å². The Balaban J connectivity index is 1.56. The first-order valence-corrected chi connectivity index (χ1v) is 10.6. The lowest BCUT2D eigenvalue weighted by molar-refractivity contribution is -0.135. The molecular formula is C19H21Cl2N7O3. The molecule has 1 aliphatic rings. The molecule has 1 N–H and O–H groups in total. The molecule has 4 rings (SSSR count). The first-order chi connectivity index (χ1) is 14.9. The van der Waals surface area contributed by atoms with Crippen LogP contribution < -0.4 is 10.2 Å². The summed E-state index contributed by atoms with van der Waals surface area (Å²) in [6.45, 7) is 3.79. The quantitative estimate of drug-likeness (QED) is 0.630. The third-order valence-corrected chi connectivity index (χ3v) is 5.62. The number of nitrogens with one attached hydrogen (secondary N) is 1. The van der Waals surface area contributed by atoms with Crippen LogP contribution >= 0.6 is 23.2 Å². The molecule has 2 amide bonds. The number of halogens is 2. The van der Waals surface area contributed by atoms with E-state index >= 15 is 0 Å². The standard InChI is InChI=1S/C19H21Cl2N7O3/c1-12(28-11-22-10-24-28)18(30)26-4-2-16(29)23-3-5-27(7-6-26)19-25-15-9-13(20)8-14(21)17(15)31-19/h8-12H,2-7H2,1H3,(H,23,29). The number of rotatable bonds is 3. The van der Waals surface area contributed by atoms with E-state index in [1.807, 2.05) is 4.90 Å². The maximum Gasteiger partial charge on any atom is 0.298 e. The highest BCUT2D eigenvalue weighted by atomic mass is 35.5. The molecule has 10 nitrogen and oxygen atoms in total. The van der Waals surface area contributed by atoms with Crippen molar-refractivity contribution in [2.24, 2.45) is 0 Å². The second-order valence-electron chi connectivity index (χ2n) is 7.20. The van der Waals surface area contributed by atoms with Crippen LogP contribution in [0.2, 0.25) is 10.0 Å². The van der Waals surface area contributed by atoms with Gasteiger partial charge in [-0.05, 0) is 19.1 Å². The maximum absolute atomic E-state index is 13.0. The van der Waals surface area contributed by atoms with Gasteiger partial charge in [-0.2, -0.15) is 10.1 Å². The number of hydrogen-bond donors (Lipinski definition) is 1. The van der Waals surface area contributed by atoms with Crippen LogP contribution in [0.5, 0.6) is 0 Å². The van der Waals surface area contributed by atoms with Gasteiger partial charge in [0, 0.05) is 44.2 Å². The van der Waals surface area contributed by atoms with Crippen LogP contribution in [0.3, 0.4) is 0 Å². The number of nitrogens with zero attached hydrogens (tertiary/aromatic N) is 6. The van der Waals surface area contributed by atoms with Gasteiger partial charge in [0.15, 0.2) is 5.58 Å². The van der Waals surface area contributed by atoms with Crippen molar-refractivity contribution in [3.63, 3.8) is 0 Å². The molecule has 0 aliphatic carbocycles. The summed E-state index contributed by atoms with van der Waals surface area (Å²) in [7, 11) is 0. The first-order valence-electron chi connectivity index (χ1n) is 9.82. The Morgan fingerprint density at radius 1 is 1.23 bits per heavy atom. The van der Waals surface area contributed by atoms with E-state index < -0.39 is 6.04 Å². The molecule has 0 spiro atoms. The minimum absolute atomic E-state index is 0.125. The average Bonchev–Trinajstić information content (AvgIpc) is 3.41. The molecule has 1 unspecified atom stereocenters. The van der Waals surface area contributed by atoms with Crippen LogP contribution in [0.1, 0.15) is 19.4 Å². The number of benzene rings is 1. The van der Waals surface area contributed by atoms with E-state index in [1.54, 1.807) is 24.0 Å². The summed E-state index contributed by atoms with van der Waals surface area (Å²) >= 11 is 12.3. The van der Waals surface area contributed by atoms with Crippen LogP contribution in [-0.2, 0) is 9.59 Å². The average molecular weight is 466 g/mol. The van der Waals surface area contributed by atoms with Crippen molar-refractivity contribution in [1.29, 1.82) is 0 Å². The number of oxazole rings is 1. The highest BCUT2D eigenvalue weighted by molar-refractivity contribution is 6.38. The molecule has 1 atom stereocenters. The van der Waals surface area contributed by atoms with Crippen molar-refractivity contribution in [3.05, 3.63) is 34.8 Å². The van der Waals surface area contributed by atoms with Crippen molar-refractivity contribution in [2.45, 2.75) is 19.4 Å². The van der Waals surface area contributed by atoms with Crippen LogP contribution in [0.15, 0.2) is 29.2 Å². The molecular weight excluding hydrogens is 445 g/mol. The highest BCUT2D eigenvalue weighted by Gasteiger charge is 2.25. The molecule has 12 heteroatoms. The lowest BCUT2D eigenvalue weighted by Gasteiger charge is -2.30. The molecule has 1 aromatic carbocycles. The number of carbonyl (C=O) groups is 2. The van der Waals surface area contributed by atoms with Crippen molar-refractivity contribution in [1.82, 2.24) is 30.0 Å². The molecule has 31 heavy (non-hydrogen) atoms. The summed E-state index contributed by atoms with van der Waals surface area (Å²) in [4.78, 5) is 37.1. The smallest absolute Gasteiger partial charge is 0.298 e. The number of fused-ring (bicyclic) bond motifs is 1. The van der Waals surface area contributed by atoms with Gasteiger partial charge >= 0.3 is 0 Å². The minimum atomic E-state index is -0.535. The van der Waals surface area contributed by atoms with Crippen molar-refractivity contribution < 1.29 is 14.0 Å². The van der Waals surface area contributed by atoms with Crippen molar-refractivity contribution >= 4 is 52.1 Å². The predicted octanol–water partition coefficient (Wildman–Crippen LogP) is 2.14. The Labute approximate surface area is 188 Å².